The first kappa shape index (κ1) is 12.1. The third-order valence-electron chi connectivity index (χ3n) is 3.42. The van der Waals surface area contributed by atoms with Crippen molar-refractivity contribution < 1.29 is 0 Å². The lowest BCUT2D eigenvalue weighted by atomic mass is 10.1. The molecule has 0 atom stereocenters. The number of aryl methyl sites for hydroxylation is 2. The summed E-state index contributed by atoms with van der Waals surface area (Å²) in [5.74, 6) is 0.696. The summed E-state index contributed by atoms with van der Waals surface area (Å²) in [6.07, 6.45) is 2.76. The summed E-state index contributed by atoms with van der Waals surface area (Å²) in [7, 11) is 1.91. The third kappa shape index (κ3) is 2.44. The highest BCUT2D eigenvalue weighted by atomic mass is 16.1. The van der Waals surface area contributed by atoms with E-state index >= 15 is 0 Å². The van der Waals surface area contributed by atoms with Gasteiger partial charge in [-0.1, -0.05) is 0 Å². The van der Waals surface area contributed by atoms with Crippen LogP contribution in [0.4, 0.5) is 0 Å². The summed E-state index contributed by atoms with van der Waals surface area (Å²) in [4.78, 5) is 21.4. The van der Waals surface area contributed by atoms with E-state index in [1.165, 1.54) is 0 Å². The van der Waals surface area contributed by atoms with E-state index in [0.717, 1.165) is 36.5 Å². The van der Waals surface area contributed by atoms with Crippen molar-refractivity contribution in [2.75, 3.05) is 6.54 Å². The fourth-order valence-electron chi connectivity index (χ4n) is 2.52. The van der Waals surface area contributed by atoms with Gasteiger partial charge in [-0.05, 0) is 13.0 Å². The van der Waals surface area contributed by atoms with Crippen LogP contribution in [0.1, 0.15) is 22.8 Å². The fraction of sp³-hybridized carbons (Fsp3) is 0.462. The third-order valence-corrected chi connectivity index (χ3v) is 3.42. The van der Waals surface area contributed by atoms with Crippen LogP contribution in [0.25, 0.3) is 0 Å². The first-order valence-corrected chi connectivity index (χ1v) is 6.41. The number of aromatic nitrogens is 4. The second-order valence-electron chi connectivity index (χ2n) is 5.02. The number of aromatic amines is 1. The van der Waals surface area contributed by atoms with Crippen LogP contribution in [0.15, 0.2) is 17.1 Å². The number of nitrogens with one attached hydrogen (secondary N) is 1. The largest absolute Gasteiger partial charge is 0.310 e. The lowest BCUT2D eigenvalue weighted by Gasteiger charge is -2.26. The zero-order valence-corrected chi connectivity index (χ0v) is 11.2. The van der Waals surface area contributed by atoms with Gasteiger partial charge in [0.15, 0.2) is 0 Å². The van der Waals surface area contributed by atoms with Crippen molar-refractivity contribution in [3.8, 4) is 0 Å². The Balaban J connectivity index is 1.80. The molecule has 2 aromatic heterocycles. The number of nitrogens with zero attached hydrogens (tertiary/aromatic N) is 4. The van der Waals surface area contributed by atoms with Gasteiger partial charge in [0.2, 0.25) is 0 Å². The molecule has 100 valence electrons. The van der Waals surface area contributed by atoms with E-state index in [1.54, 1.807) is 4.68 Å². The predicted octanol–water partition coefficient (Wildman–Crippen LogP) is 0.370. The van der Waals surface area contributed by atoms with Gasteiger partial charge in [0.1, 0.15) is 5.82 Å². The molecule has 1 aliphatic heterocycles. The molecule has 0 saturated carbocycles. The summed E-state index contributed by atoms with van der Waals surface area (Å²) in [6.45, 7) is 4.16. The maximum atomic E-state index is 11.9. The van der Waals surface area contributed by atoms with Crippen molar-refractivity contribution in [3.63, 3.8) is 0 Å². The summed E-state index contributed by atoms with van der Waals surface area (Å²) in [5, 5.41) is 4.37. The number of fused-ring (bicyclic) bond motifs is 1. The molecule has 0 bridgehead atoms. The van der Waals surface area contributed by atoms with Crippen LogP contribution < -0.4 is 5.56 Å². The van der Waals surface area contributed by atoms with Gasteiger partial charge in [-0.3, -0.25) is 14.4 Å². The van der Waals surface area contributed by atoms with Crippen molar-refractivity contribution in [2.45, 2.75) is 26.4 Å². The van der Waals surface area contributed by atoms with Gasteiger partial charge in [-0.2, -0.15) is 5.10 Å². The van der Waals surface area contributed by atoms with E-state index in [1.807, 2.05) is 26.2 Å². The molecule has 6 heteroatoms. The Bertz CT molecular complexity index is 657. The zero-order chi connectivity index (χ0) is 13.4. The number of rotatable bonds is 2. The molecule has 6 nitrogen and oxygen atoms in total. The molecule has 0 spiro atoms. The molecule has 19 heavy (non-hydrogen) atoms. The molecular weight excluding hydrogens is 242 g/mol. The van der Waals surface area contributed by atoms with Crippen molar-refractivity contribution in [1.82, 2.24) is 24.6 Å². The maximum absolute atomic E-state index is 11.9. The highest BCUT2D eigenvalue weighted by Crippen LogP contribution is 2.15. The number of hydrogen-bond donors (Lipinski definition) is 1. The average Bonchev–Trinajstić information content (AvgIpc) is 2.75. The molecule has 0 unspecified atom stereocenters. The summed E-state index contributed by atoms with van der Waals surface area (Å²) in [6, 6.07) is 2.01. The smallest absolute Gasteiger partial charge is 0.255 e. The zero-order valence-electron chi connectivity index (χ0n) is 11.2. The van der Waals surface area contributed by atoms with Gasteiger partial charge >= 0.3 is 0 Å². The SMILES string of the molecule is Cc1nc2c(c(=O)[nH]1)CN(Cc1ccn(C)n1)CC2. The van der Waals surface area contributed by atoms with Crippen LogP contribution >= 0.6 is 0 Å². The standard InChI is InChI=1S/C13H17N5O/c1-9-14-12-4-6-18(8-11(12)13(19)15-9)7-10-3-5-17(2)16-10/h3,5H,4,6-8H2,1-2H3,(H,14,15,19). The molecule has 3 heterocycles. The lowest BCUT2D eigenvalue weighted by Crippen LogP contribution is -2.35. The first-order valence-electron chi connectivity index (χ1n) is 6.41. The molecule has 0 radical (unpaired) electrons. The van der Waals surface area contributed by atoms with E-state index in [9.17, 15) is 4.79 Å². The van der Waals surface area contributed by atoms with E-state index in [-0.39, 0.29) is 5.56 Å². The number of H-pyrrole nitrogens is 1. The predicted molar refractivity (Wildman–Crippen MR) is 70.6 cm³/mol. The molecule has 1 N–H and O–H groups in total. The molecule has 0 aliphatic carbocycles. The molecule has 0 fully saturated rings. The van der Waals surface area contributed by atoms with E-state index in [0.29, 0.717) is 12.4 Å². The average molecular weight is 259 g/mol. The van der Waals surface area contributed by atoms with Crippen LogP contribution in [-0.4, -0.2) is 31.2 Å². The van der Waals surface area contributed by atoms with Crippen molar-refractivity contribution >= 4 is 0 Å². The Morgan fingerprint density at radius 2 is 2.32 bits per heavy atom. The maximum Gasteiger partial charge on any atom is 0.255 e. The quantitative estimate of drug-likeness (QED) is 0.846. The van der Waals surface area contributed by atoms with Gasteiger partial charge < -0.3 is 4.98 Å². The van der Waals surface area contributed by atoms with Crippen LogP contribution in [-0.2, 0) is 26.6 Å². The van der Waals surface area contributed by atoms with Crippen LogP contribution in [0.5, 0.6) is 0 Å². The lowest BCUT2D eigenvalue weighted by molar-refractivity contribution is 0.238. The van der Waals surface area contributed by atoms with Crippen molar-refractivity contribution in [2.24, 2.45) is 7.05 Å². The Morgan fingerprint density at radius 3 is 3.05 bits per heavy atom. The van der Waals surface area contributed by atoms with Gasteiger partial charge in [0.05, 0.1) is 17.0 Å². The molecule has 0 aromatic carbocycles. The normalized spacial score (nSPS) is 15.5. The fourth-order valence-corrected chi connectivity index (χ4v) is 2.52. The molecular formula is C13H17N5O. The summed E-state index contributed by atoms with van der Waals surface area (Å²) < 4.78 is 1.80. The Kier molecular flexibility index (Phi) is 2.94. The van der Waals surface area contributed by atoms with E-state index in [2.05, 4.69) is 20.0 Å². The van der Waals surface area contributed by atoms with Crippen LogP contribution in [0.2, 0.25) is 0 Å². The summed E-state index contributed by atoms with van der Waals surface area (Å²) in [5.41, 5.74) is 2.77. The van der Waals surface area contributed by atoms with Crippen LogP contribution in [0.3, 0.4) is 0 Å². The monoisotopic (exact) mass is 259 g/mol. The topological polar surface area (TPSA) is 66.8 Å². The van der Waals surface area contributed by atoms with Gasteiger partial charge in [0, 0.05) is 39.3 Å². The molecule has 3 rings (SSSR count). The van der Waals surface area contributed by atoms with Gasteiger partial charge in [-0.25, -0.2) is 4.98 Å². The highest BCUT2D eigenvalue weighted by Gasteiger charge is 2.21. The second-order valence-corrected chi connectivity index (χ2v) is 5.02. The van der Waals surface area contributed by atoms with Crippen molar-refractivity contribution in [3.05, 3.63) is 45.4 Å². The molecule has 2 aromatic rings. The molecule has 1 aliphatic rings. The Morgan fingerprint density at radius 1 is 1.47 bits per heavy atom. The molecule has 0 saturated heterocycles. The minimum atomic E-state index is -0.00628. The Labute approximate surface area is 111 Å². The van der Waals surface area contributed by atoms with Crippen LogP contribution in [0, 0.1) is 6.92 Å². The first-order chi connectivity index (χ1) is 9.11. The van der Waals surface area contributed by atoms with Gasteiger partial charge in [-0.15, -0.1) is 0 Å². The molecule has 0 amide bonds. The number of hydrogen-bond acceptors (Lipinski definition) is 4. The second kappa shape index (κ2) is 4.62. The van der Waals surface area contributed by atoms with E-state index in [4.69, 9.17) is 0 Å². The minimum Gasteiger partial charge on any atom is -0.310 e. The van der Waals surface area contributed by atoms with Crippen molar-refractivity contribution in [1.29, 1.82) is 0 Å². The van der Waals surface area contributed by atoms with E-state index < -0.39 is 0 Å². The Hall–Kier alpha value is -1.95. The summed E-state index contributed by atoms with van der Waals surface area (Å²) >= 11 is 0. The van der Waals surface area contributed by atoms with Gasteiger partial charge in [0.25, 0.3) is 5.56 Å². The highest BCUT2D eigenvalue weighted by molar-refractivity contribution is 5.20. The minimum absolute atomic E-state index is 0.00628.